The Hall–Kier alpha value is -5.01. The zero-order chi connectivity index (χ0) is 30.0. The maximum atomic E-state index is 7.44. The quantitative estimate of drug-likeness (QED) is 0.0858. The SMILES string of the molecule is C=C(/C=C\C=N)c1ccccc1-c1ccc(-c2c3ccccc3c(C3C=CC(CC)CC3)c3ccccc23)c2ccccc12. The summed E-state index contributed by atoms with van der Waals surface area (Å²) in [5.74, 6) is 1.12. The highest BCUT2D eigenvalue weighted by molar-refractivity contribution is 6.20. The molecule has 2 atom stereocenters. The molecule has 0 aromatic heterocycles. The van der Waals surface area contributed by atoms with Crippen molar-refractivity contribution < 1.29 is 0 Å². The van der Waals surface area contributed by atoms with Crippen LogP contribution in [-0.2, 0) is 0 Å². The van der Waals surface area contributed by atoms with Gasteiger partial charge in [0.2, 0.25) is 0 Å². The largest absolute Gasteiger partial charge is 0.309 e. The highest BCUT2D eigenvalue weighted by Gasteiger charge is 2.24. The molecular formula is C43H37N. The first-order valence-electron chi connectivity index (χ1n) is 15.8. The molecule has 0 spiro atoms. The van der Waals surface area contributed by atoms with Crippen molar-refractivity contribution in [3.63, 3.8) is 0 Å². The average molecular weight is 568 g/mol. The molecule has 1 aliphatic carbocycles. The monoisotopic (exact) mass is 567 g/mol. The number of hydrogen-bond acceptors (Lipinski definition) is 1. The Morgan fingerprint density at radius 1 is 0.659 bits per heavy atom. The number of nitrogens with one attached hydrogen (secondary N) is 1. The molecule has 214 valence electrons. The molecule has 44 heavy (non-hydrogen) atoms. The van der Waals surface area contributed by atoms with Crippen LogP contribution in [0.2, 0.25) is 0 Å². The third-order valence-electron chi connectivity index (χ3n) is 9.48. The summed E-state index contributed by atoms with van der Waals surface area (Å²) in [5, 5.41) is 15.2. The smallest absolute Gasteiger partial charge is 0.0177 e. The third-order valence-corrected chi connectivity index (χ3v) is 9.48. The Balaban J connectivity index is 1.49. The minimum Gasteiger partial charge on any atom is -0.309 e. The molecule has 1 N–H and O–H groups in total. The van der Waals surface area contributed by atoms with E-state index in [1.54, 1.807) is 6.08 Å². The summed E-state index contributed by atoms with van der Waals surface area (Å²) in [6.07, 6.45) is 13.5. The van der Waals surface area contributed by atoms with Crippen LogP contribution < -0.4 is 0 Å². The molecule has 2 unspecified atom stereocenters. The van der Waals surface area contributed by atoms with Gasteiger partial charge in [0.1, 0.15) is 0 Å². The molecule has 0 heterocycles. The van der Waals surface area contributed by atoms with E-state index >= 15 is 0 Å². The van der Waals surface area contributed by atoms with E-state index in [4.69, 9.17) is 5.41 Å². The number of allylic oxidation sites excluding steroid dienone is 5. The Kier molecular flexibility index (Phi) is 7.54. The first-order chi connectivity index (χ1) is 21.7. The molecule has 0 radical (unpaired) electrons. The fraction of sp³-hybridized carbons (Fsp3) is 0.140. The van der Waals surface area contributed by atoms with Crippen LogP contribution in [0, 0.1) is 11.3 Å². The zero-order valence-electron chi connectivity index (χ0n) is 25.3. The van der Waals surface area contributed by atoms with E-state index in [0.717, 1.165) is 16.7 Å². The first-order valence-corrected chi connectivity index (χ1v) is 15.8. The first kappa shape index (κ1) is 27.8. The van der Waals surface area contributed by atoms with Crippen molar-refractivity contribution in [3.8, 4) is 22.3 Å². The summed E-state index contributed by atoms with van der Waals surface area (Å²) in [4.78, 5) is 0. The molecule has 0 aliphatic heterocycles. The van der Waals surface area contributed by atoms with Gasteiger partial charge in [-0.2, -0.15) is 0 Å². The summed E-state index contributed by atoms with van der Waals surface area (Å²) >= 11 is 0. The number of rotatable bonds is 7. The van der Waals surface area contributed by atoms with E-state index in [-0.39, 0.29) is 0 Å². The molecule has 6 aromatic carbocycles. The number of fused-ring (bicyclic) bond motifs is 3. The topological polar surface area (TPSA) is 23.9 Å². The minimum atomic E-state index is 0.423. The molecule has 0 saturated carbocycles. The predicted octanol–water partition coefficient (Wildman–Crippen LogP) is 12.2. The van der Waals surface area contributed by atoms with Crippen LogP contribution in [0.4, 0.5) is 0 Å². The lowest BCUT2D eigenvalue weighted by Gasteiger charge is -2.26. The van der Waals surface area contributed by atoms with Crippen LogP contribution in [0.3, 0.4) is 0 Å². The van der Waals surface area contributed by atoms with Crippen molar-refractivity contribution in [2.75, 3.05) is 0 Å². The third kappa shape index (κ3) is 4.79. The lowest BCUT2D eigenvalue weighted by Crippen LogP contribution is -2.08. The van der Waals surface area contributed by atoms with E-state index in [1.165, 1.54) is 80.0 Å². The molecular weight excluding hydrogens is 530 g/mol. The van der Waals surface area contributed by atoms with Crippen LogP contribution in [0.25, 0.3) is 60.1 Å². The lowest BCUT2D eigenvalue weighted by atomic mass is 9.77. The molecule has 1 aliphatic rings. The van der Waals surface area contributed by atoms with Gasteiger partial charge in [0.05, 0.1) is 0 Å². The van der Waals surface area contributed by atoms with E-state index in [9.17, 15) is 0 Å². The molecule has 6 aromatic rings. The highest BCUT2D eigenvalue weighted by atomic mass is 14.3. The Morgan fingerprint density at radius 2 is 1.23 bits per heavy atom. The predicted molar refractivity (Wildman–Crippen MR) is 192 cm³/mol. The summed E-state index contributed by atoms with van der Waals surface area (Å²) in [5.41, 5.74) is 8.34. The molecule has 0 fully saturated rings. The summed E-state index contributed by atoms with van der Waals surface area (Å²) < 4.78 is 0. The molecule has 1 nitrogen and oxygen atoms in total. The van der Waals surface area contributed by atoms with Crippen LogP contribution in [0.1, 0.15) is 43.2 Å². The van der Waals surface area contributed by atoms with Gasteiger partial charge < -0.3 is 5.41 Å². The summed E-state index contributed by atoms with van der Waals surface area (Å²) in [7, 11) is 0. The normalized spacial score (nSPS) is 16.7. The second kappa shape index (κ2) is 11.9. The molecule has 0 bridgehead atoms. The van der Waals surface area contributed by atoms with Crippen molar-refractivity contribution in [3.05, 3.63) is 151 Å². The summed E-state index contributed by atoms with van der Waals surface area (Å²) in [6.45, 7) is 6.62. The molecule has 7 rings (SSSR count). The number of benzene rings is 6. The van der Waals surface area contributed by atoms with Crippen LogP contribution in [-0.4, -0.2) is 6.21 Å². The van der Waals surface area contributed by atoms with E-state index in [1.807, 2.05) is 6.08 Å². The van der Waals surface area contributed by atoms with Gasteiger partial charge in [0.15, 0.2) is 0 Å². The maximum Gasteiger partial charge on any atom is 0.0177 e. The van der Waals surface area contributed by atoms with Gasteiger partial charge in [0.25, 0.3) is 0 Å². The maximum absolute atomic E-state index is 7.44. The van der Waals surface area contributed by atoms with Gasteiger partial charge >= 0.3 is 0 Å². The van der Waals surface area contributed by atoms with Crippen molar-refractivity contribution >= 4 is 44.1 Å². The summed E-state index contributed by atoms with van der Waals surface area (Å²) in [6, 6.07) is 40.0. The zero-order valence-corrected chi connectivity index (χ0v) is 25.3. The van der Waals surface area contributed by atoms with Gasteiger partial charge in [-0.15, -0.1) is 0 Å². The van der Waals surface area contributed by atoms with Crippen LogP contribution in [0.5, 0.6) is 0 Å². The Bertz CT molecular complexity index is 2050. The van der Waals surface area contributed by atoms with Gasteiger partial charge in [-0.1, -0.05) is 141 Å². The second-order valence-corrected chi connectivity index (χ2v) is 11.9. The molecule has 0 saturated heterocycles. The van der Waals surface area contributed by atoms with E-state index in [0.29, 0.717) is 11.8 Å². The van der Waals surface area contributed by atoms with Crippen molar-refractivity contribution in [2.24, 2.45) is 5.92 Å². The van der Waals surface area contributed by atoms with Gasteiger partial charge in [-0.3, -0.25) is 0 Å². The van der Waals surface area contributed by atoms with Crippen LogP contribution >= 0.6 is 0 Å². The van der Waals surface area contributed by atoms with Crippen molar-refractivity contribution in [1.82, 2.24) is 0 Å². The fourth-order valence-electron chi connectivity index (χ4n) is 7.31. The fourth-order valence-corrected chi connectivity index (χ4v) is 7.31. The molecule has 1 heteroatoms. The number of hydrogen-bond donors (Lipinski definition) is 1. The standard InChI is InChI=1S/C43H37N/c1-3-30-22-24-31(25-23-30)42-37-18-8-10-20-39(37)43(40-21-11-9-19-38(40)42)41-27-26-36(34-16-6-7-17-35(34)41)33-15-5-4-14-32(33)29(2)13-12-28-44/h4-22,24,26-28,30-31,44H,2-3,23,25H2,1H3/b13-12-,44-28?. The van der Waals surface area contributed by atoms with E-state index in [2.05, 4.69) is 135 Å². The lowest BCUT2D eigenvalue weighted by molar-refractivity contribution is 0.501. The van der Waals surface area contributed by atoms with Crippen LogP contribution in [0.15, 0.2) is 140 Å². The van der Waals surface area contributed by atoms with E-state index < -0.39 is 0 Å². The highest BCUT2D eigenvalue weighted by Crippen LogP contribution is 2.47. The minimum absolute atomic E-state index is 0.423. The van der Waals surface area contributed by atoms with Gasteiger partial charge in [0, 0.05) is 12.1 Å². The molecule has 0 amide bonds. The van der Waals surface area contributed by atoms with Crippen molar-refractivity contribution in [1.29, 1.82) is 5.41 Å². The van der Waals surface area contributed by atoms with Crippen molar-refractivity contribution in [2.45, 2.75) is 32.1 Å². The Morgan fingerprint density at radius 3 is 1.84 bits per heavy atom. The average Bonchev–Trinajstić information content (AvgIpc) is 3.09. The van der Waals surface area contributed by atoms with Gasteiger partial charge in [-0.25, -0.2) is 0 Å². The van der Waals surface area contributed by atoms with Gasteiger partial charge in [-0.05, 0) is 103 Å². The second-order valence-electron chi connectivity index (χ2n) is 11.9. The Labute approximate surface area is 260 Å².